The van der Waals surface area contributed by atoms with Crippen LogP contribution in [0.5, 0.6) is 5.75 Å². The molecule has 2 heterocycles. The molecular formula is C16H16FNO2S. The van der Waals surface area contributed by atoms with E-state index in [0.29, 0.717) is 11.3 Å². The van der Waals surface area contributed by atoms with E-state index in [1.54, 1.807) is 11.3 Å². The Balaban J connectivity index is 1.92. The molecule has 3 nitrogen and oxygen atoms in total. The molecule has 0 bridgehead atoms. The third kappa shape index (κ3) is 2.70. The molecule has 1 unspecified atom stereocenters. The fraction of sp³-hybridized carbons (Fsp3) is 0.375. The molecule has 3 rings (SSSR count). The summed E-state index contributed by atoms with van der Waals surface area (Å²) >= 11 is 1.56. The highest BCUT2D eigenvalue weighted by Crippen LogP contribution is 2.36. The van der Waals surface area contributed by atoms with E-state index in [2.05, 4.69) is 25.8 Å². The summed E-state index contributed by atoms with van der Waals surface area (Å²) in [6.07, 6.45) is -0.189. The molecule has 0 radical (unpaired) electrons. The molecule has 1 atom stereocenters. The number of hydrogen-bond donors (Lipinski definition) is 0. The van der Waals surface area contributed by atoms with Crippen LogP contribution >= 0.6 is 11.3 Å². The van der Waals surface area contributed by atoms with Gasteiger partial charge in [0.25, 0.3) is 0 Å². The first-order valence-corrected chi connectivity index (χ1v) is 7.68. The van der Waals surface area contributed by atoms with Gasteiger partial charge in [-0.05, 0) is 12.1 Å². The van der Waals surface area contributed by atoms with Crippen LogP contribution in [0.4, 0.5) is 4.39 Å². The van der Waals surface area contributed by atoms with Gasteiger partial charge in [-0.15, -0.1) is 11.3 Å². The third-order valence-electron chi connectivity index (χ3n) is 3.38. The zero-order valence-corrected chi connectivity index (χ0v) is 13.0. The summed E-state index contributed by atoms with van der Waals surface area (Å²) in [6.45, 7) is 6.27. The number of Topliss-reactive ketones (excluding diaryl/α,β-unsaturated/α-hetero) is 1. The molecule has 0 spiro atoms. The summed E-state index contributed by atoms with van der Waals surface area (Å²) in [6, 6.07) is 4.02. The predicted octanol–water partition coefficient (Wildman–Crippen LogP) is 4.29. The van der Waals surface area contributed by atoms with E-state index >= 15 is 0 Å². The van der Waals surface area contributed by atoms with Gasteiger partial charge < -0.3 is 4.74 Å². The van der Waals surface area contributed by atoms with Gasteiger partial charge in [-0.2, -0.15) is 0 Å². The summed E-state index contributed by atoms with van der Waals surface area (Å²) < 4.78 is 19.1. The smallest absolute Gasteiger partial charge is 0.170 e. The van der Waals surface area contributed by atoms with Crippen LogP contribution < -0.4 is 4.74 Å². The first-order chi connectivity index (χ1) is 9.84. The van der Waals surface area contributed by atoms with Crippen molar-refractivity contribution in [3.63, 3.8) is 0 Å². The summed E-state index contributed by atoms with van der Waals surface area (Å²) in [5, 5.41) is 2.92. The number of carbonyl (C=O) groups is 1. The number of nitrogens with zero attached hydrogens (tertiary/aromatic N) is 1. The highest BCUT2D eigenvalue weighted by Gasteiger charge is 2.30. The number of carbonyl (C=O) groups excluding carboxylic acids is 1. The Morgan fingerprint density at radius 1 is 1.38 bits per heavy atom. The number of ether oxygens (including phenoxy) is 1. The van der Waals surface area contributed by atoms with Crippen molar-refractivity contribution in [2.75, 3.05) is 0 Å². The Kier molecular flexibility index (Phi) is 3.32. The minimum atomic E-state index is -0.431. The summed E-state index contributed by atoms with van der Waals surface area (Å²) in [4.78, 5) is 16.7. The van der Waals surface area contributed by atoms with Gasteiger partial charge in [0.1, 0.15) is 17.7 Å². The topological polar surface area (TPSA) is 39.2 Å². The average Bonchev–Trinajstić information content (AvgIpc) is 2.87. The van der Waals surface area contributed by atoms with Gasteiger partial charge in [0.05, 0.1) is 22.7 Å². The van der Waals surface area contributed by atoms with Crippen molar-refractivity contribution in [2.45, 2.75) is 38.7 Å². The van der Waals surface area contributed by atoms with Gasteiger partial charge in [-0.3, -0.25) is 4.79 Å². The second-order valence-corrected chi connectivity index (χ2v) is 7.06. The van der Waals surface area contributed by atoms with E-state index in [-0.39, 0.29) is 17.6 Å². The quantitative estimate of drug-likeness (QED) is 0.789. The Bertz CT molecular complexity index is 703. The van der Waals surface area contributed by atoms with Crippen LogP contribution in [0.15, 0.2) is 23.6 Å². The molecule has 1 aromatic carbocycles. The lowest BCUT2D eigenvalue weighted by atomic mass is 9.97. The van der Waals surface area contributed by atoms with Crippen LogP contribution in [0.1, 0.15) is 54.4 Å². The van der Waals surface area contributed by atoms with E-state index in [4.69, 9.17) is 4.74 Å². The average molecular weight is 305 g/mol. The molecule has 1 aliphatic heterocycles. The van der Waals surface area contributed by atoms with E-state index in [9.17, 15) is 9.18 Å². The van der Waals surface area contributed by atoms with Gasteiger partial charge in [0.2, 0.25) is 0 Å². The van der Waals surface area contributed by atoms with E-state index < -0.39 is 11.9 Å². The lowest BCUT2D eigenvalue weighted by Crippen LogP contribution is -2.21. The number of thiazole rings is 1. The minimum Gasteiger partial charge on any atom is -0.483 e. The Morgan fingerprint density at radius 2 is 2.14 bits per heavy atom. The third-order valence-corrected chi connectivity index (χ3v) is 4.66. The number of hydrogen-bond acceptors (Lipinski definition) is 4. The first kappa shape index (κ1) is 14.2. The molecule has 21 heavy (non-hydrogen) atoms. The second kappa shape index (κ2) is 4.91. The van der Waals surface area contributed by atoms with Crippen LogP contribution in [-0.2, 0) is 5.41 Å². The van der Waals surface area contributed by atoms with Crippen molar-refractivity contribution in [1.82, 2.24) is 4.98 Å². The number of halogens is 1. The maximum atomic E-state index is 13.3. The van der Waals surface area contributed by atoms with Gasteiger partial charge in [0, 0.05) is 16.9 Å². The zero-order chi connectivity index (χ0) is 15.2. The van der Waals surface area contributed by atoms with Crippen molar-refractivity contribution < 1.29 is 13.9 Å². The molecule has 0 saturated carbocycles. The van der Waals surface area contributed by atoms with Crippen LogP contribution in [0.3, 0.4) is 0 Å². The number of rotatable bonds is 1. The molecule has 1 aliphatic rings. The first-order valence-electron chi connectivity index (χ1n) is 6.80. The van der Waals surface area contributed by atoms with Crippen LogP contribution in [0.2, 0.25) is 0 Å². The summed E-state index contributed by atoms with van der Waals surface area (Å²) in [5.41, 5.74) is 1.15. The SMILES string of the molecule is CC(C)(C)c1nc(C2CC(=O)c3ccc(F)cc3O2)cs1. The molecule has 0 N–H and O–H groups in total. The van der Waals surface area contributed by atoms with E-state index in [1.807, 2.05) is 5.38 Å². The van der Waals surface area contributed by atoms with Gasteiger partial charge in [-0.1, -0.05) is 20.8 Å². The minimum absolute atomic E-state index is 0.0356. The number of fused-ring (bicyclic) bond motifs is 1. The van der Waals surface area contributed by atoms with Crippen LogP contribution in [0, 0.1) is 5.82 Å². The van der Waals surface area contributed by atoms with Crippen molar-refractivity contribution in [1.29, 1.82) is 0 Å². The second-order valence-electron chi connectivity index (χ2n) is 6.20. The lowest BCUT2D eigenvalue weighted by Gasteiger charge is -2.24. The molecule has 0 aliphatic carbocycles. The Hall–Kier alpha value is -1.75. The predicted molar refractivity (Wildman–Crippen MR) is 79.5 cm³/mol. The standard InChI is InChI=1S/C16H16FNO2S/c1-16(2,3)15-18-11(8-21-15)14-7-12(19)10-5-4-9(17)6-13(10)20-14/h4-6,8,14H,7H2,1-3H3. The molecule has 0 saturated heterocycles. The van der Waals surface area contributed by atoms with Gasteiger partial charge in [-0.25, -0.2) is 9.37 Å². The van der Waals surface area contributed by atoms with Crippen molar-refractivity contribution in [2.24, 2.45) is 0 Å². The van der Waals surface area contributed by atoms with Gasteiger partial charge in [0.15, 0.2) is 5.78 Å². The Labute approximate surface area is 126 Å². The largest absolute Gasteiger partial charge is 0.483 e. The monoisotopic (exact) mass is 305 g/mol. The molecule has 2 aromatic rings. The van der Waals surface area contributed by atoms with E-state index in [1.165, 1.54) is 18.2 Å². The molecule has 0 amide bonds. The van der Waals surface area contributed by atoms with Crippen molar-refractivity contribution >= 4 is 17.1 Å². The van der Waals surface area contributed by atoms with Crippen LogP contribution in [0.25, 0.3) is 0 Å². The number of benzene rings is 1. The number of ketones is 1. The fourth-order valence-corrected chi connectivity index (χ4v) is 3.19. The molecular weight excluding hydrogens is 289 g/mol. The van der Waals surface area contributed by atoms with Crippen LogP contribution in [-0.4, -0.2) is 10.8 Å². The fourth-order valence-electron chi connectivity index (χ4n) is 2.24. The zero-order valence-electron chi connectivity index (χ0n) is 12.1. The maximum absolute atomic E-state index is 13.3. The Morgan fingerprint density at radius 3 is 2.81 bits per heavy atom. The highest BCUT2D eigenvalue weighted by atomic mass is 32.1. The van der Waals surface area contributed by atoms with Gasteiger partial charge >= 0.3 is 0 Å². The maximum Gasteiger partial charge on any atom is 0.170 e. The van der Waals surface area contributed by atoms with Crippen molar-refractivity contribution in [3.05, 3.63) is 45.7 Å². The highest BCUT2D eigenvalue weighted by molar-refractivity contribution is 7.09. The molecule has 1 aromatic heterocycles. The normalized spacial score (nSPS) is 18.3. The van der Waals surface area contributed by atoms with E-state index in [0.717, 1.165) is 10.7 Å². The van der Waals surface area contributed by atoms with Crippen molar-refractivity contribution in [3.8, 4) is 5.75 Å². The molecule has 0 fully saturated rings. The molecule has 5 heteroatoms. The summed E-state index contributed by atoms with van der Waals surface area (Å²) in [7, 11) is 0. The lowest BCUT2D eigenvalue weighted by molar-refractivity contribution is 0.0844. The summed E-state index contributed by atoms with van der Waals surface area (Å²) in [5.74, 6) is -0.135. The number of aromatic nitrogens is 1. The molecule has 110 valence electrons.